The van der Waals surface area contributed by atoms with Crippen LogP contribution in [-0.2, 0) is 20.6 Å². The number of imide groups is 1. The molecule has 2 aliphatic rings. The summed E-state index contributed by atoms with van der Waals surface area (Å²) in [5, 5.41) is 10.9. The van der Waals surface area contributed by atoms with Crippen LogP contribution >= 0.6 is 0 Å². The Kier molecular flexibility index (Phi) is 5.85. The van der Waals surface area contributed by atoms with Crippen LogP contribution in [0.3, 0.4) is 0 Å². The number of fused-ring (bicyclic) bond motifs is 1. The first kappa shape index (κ1) is 23.0. The van der Waals surface area contributed by atoms with Gasteiger partial charge in [0, 0.05) is 11.8 Å². The van der Waals surface area contributed by atoms with E-state index in [1.54, 1.807) is 0 Å². The molecule has 0 unspecified atom stereocenters. The first-order valence-electron chi connectivity index (χ1n) is 9.88. The minimum Gasteiger partial charge on any atom is -0.493 e. The number of rotatable bonds is 6. The van der Waals surface area contributed by atoms with E-state index < -0.39 is 48.1 Å². The third-order valence-electron chi connectivity index (χ3n) is 5.26. The Bertz CT molecular complexity index is 1190. The van der Waals surface area contributed by atoms with Crippen LogP contribution < -0.4 is 19.7 Å². The fourth-order valence-electron chi connectivity index (χ4n) is 3.69. The molecule has 2 aromatic rings. The van der Waals surface area contributed by atoms with Crippen molar-refractivity contribution in [2.24, 2.45) is 10.3 Å². The molecule has 34 heavy (non-hydrogen) atoms. The van der Waals surface area contributed by atoms with Gasteiger partial charge in [0.15, 0.2) is 23.6 Å². The van der Waals surface area contributed by atoms with E-state index in [0.717, 1.165) is 28.1 Å². The highest BCUT2D eigenvalue weighted by Crippen LogP contribution is 2.36. The summed E-state index contributed by atoms with van der Waals surface area (Å²) in [5.41, 5.74) is -0.771. The maximum Gasteiger partial charge on any atom is 0.416 e. The van der Waals surface area contributed by atoms with Gasteiger partial charge in [-0.25, -0.2) is 4.90 Å². The predicted molar refractivity (Wildman–Crippen MR) is 111 cm³/mol. The van der Waals surface area contributed by atoms with Crippen LogP contribution in [0, 0.1) is 0 Å². The number of carbonyl (C=O) groups is 3. The van der Waals surface area contributed by atoms with Gasteiger partial charge in [-0.3, -0.25) is 19.4 Å². The van der Waals surface area contributed by atoms with Gasteiger partial charge in [-0.05, 0) is 30.3 Å². The van der Waals surface area contributed by atoms with E-state index in [4.69, 9.17) is 9.47 Å². The number of carbonyl (C=O) groups excluding carboxylic acids is 3. The smallest absolute Gasteiger partial charge is 0.416 e. The zero-order valence-corrected chi connectivity index (χ0v) is 17.9. The van der Waals surface area contributed by atoms with E-state index in [2.05, 4.69) is 15.7 Å². The average Bonchev–Trinajstić information content (AvgIpc) is 3.32. The number of methoxy groups -OCH3 is 2. The van der Waals surface area contributed by atoms with Crippen molar-refractivity contribution in [1.29, 1.82) is 0 Å². The molecule has 0 saturated carbocycles. The Hall–Kier alpha value is -4.16. The number of nitrogens with one attached hydrogen (secondary N) is 1. The lowest BCUT2D eigenvalue weighted by Gasteiger charge is -2.21. The molecule has 10 nitrogen and oxygen atoms in total. The van der Waals surface area contributed by atoms with E-state index >= 15 is 0 Å². The number of alkyl halides is 3. The van der Waals surface area contributed by atoms with Crippen LogP contribution in [0.25, 0.3) is 0 Å². The highest BCUT2D eigenvalue weighted by Gasteiger charge is 2.55. The minimum atomic E-state index is -4.57. The van der Waals surface area contributed by atoms with E-state index in [1.807, 2.05) is 0 Å². The molecule has 2 aromatic carbocycles. The topological polar surface area (TPSA) is 113 Å². The van der Waals surface area contributed by atoms with Crippen molar-refractivity contribution in [3.8, 4) is 11.5 Å². The van der Waals surface area contributed by atoms with E-state index in [9.17, 15) is 27.6 Å². The van der Waals surface area contributed by atoms with Crippen molar-refractivity contribution in [2.45, 2.75) is 18.3 Å². The number of benzene rings is 2. The summed E-state index contributed by atoms with van der Waals surface area (Å²) in [6.07, 6.45) is -4.57. The lowest BCUT2D eigenvalue weighted by Crippen LogP contribution is -2.43. The third-order valence-corrected chi connectivity index (χ3v) is 5.26. The summed E-state index contributed by atoms with van der Waals surface area (Å²) >= 11 is 0. The summed E-state index contributed by atoms with van der Waals surface area (Å²) < 4.78 is 49.0. The summed E-state index contributed by atoms with van der Waals surface area (Å²) in [7, 11) is 2.85. The lowest BCUT2D eigenvalue weighted by atomic mass is 10.1. The lowest BCUT2D eigenvalue weighted by molar-refractivity contribution is -0.137. The molecule has 3 amide bonds. The van der Waals surface area contributed by atoms with Crippen molar-refractivity contribution in [3.05, 3.63) is 48.0 Å². The largest absolute Gasteiger partial charge is 0.493 e. The van der Waals surface area contributed by atoms with E-state index in [0.29, 0.717) is 11.5 Å². The van der Waals surface area contributed by atoms with Crippen LogP contribution in [0.5, 0.6) is 11.5 Å². The second-order valence-corrected chi connectivity index (χ2v) is 7.37. The zero-order chi connectivity index (χ0) is 24.6. The van der Waals surface area contributed by atoms with Crippen LogP contribution in [-0.4, -0.2) is 55.6 Å². The number of halogens is 3. The summed E-state index contributed by atoms with van der Waals surface area (Å²) in [4.78, 5) is 39.3. The van der Waals surface area contributed by atoms with Crippen molar-refractivity contribution in [3.63, 3.8) is 0 Å². The van der Waals surface area contributed by atoms with Crippen molar-refractivity contribution in [2.75, 3.05) is 31.0 Å². The molecule has 2 aliphatic heterocycles. The molecule has 13 heteroatoms. The molecule has 0 bridgehead atoms. The summed E-state index contributed by atoms with van der Waals surface area (Å²) in [6, 6.07) is 6.29. The maximum atomic E-state index is 13.1. The van der Waals surface area contributed by atoms with Gasteiger partial charge in [0.05, 0.1) is 25.5 Å². The molecule has 0 aromatic heterocycles. The Morgan fingerprint density at radius 1 is 1.06 bits per heavy atom. The highest BCUT2D eigenvalue weighted by atomic mass is 19.4. The number of ether oxygens (including phenoxy) is 2. The molecule has 4 rings (SSSR count). The molecule has 2 atom stereocenters. The molecular formula is C21H18F3N5O5. The second-order valence-electron chi connectivity index (χ2n) is 7.37. The number of hydrogen-bond acceptors (Lipinski definition) is 8. The number of amides is 3. The van der Waals surface area contributed by atoms with Crippen molar-refractivity contribution in [1.82, 2.24) is 5.01 Å². The van der Waals surface area contributed by atoms with Crippen LogP contribution in [0.1, 0.15) is 5.56 Å². The quantitative estimate of drug-likeness (QED) is 0.641. The maximum absolute atomic E-state index is 13.1. The van der Waals surface area contributed by atoms with Gasteiger partial charge < -0.3 is 14.8 Å². The van der Waals surface area contributed by atoms with E-state index in [1.165, 1.54) is 38.5 Å². The normalized spacial score (nSPS) is 19.4. The predicted octanol–water partition coefficient (Wildman–Crippen LogP) is 2.65. The van der Waals surface area contributed by atoms with Crippen molar-refractivity contribution < 1.29 is 37.0 Å². The molecule has 1 fully saturated rings. The molecular weight excluding hydrogens is 459 g/mol. The van der Waals surface area contributed by atoms with Gasteiger partial charge in [0.1, 0.15) is 6.54 Å². The Morgan fingerprint density at radius 3 is 2.47 bits per heavy atom. The Labute approximate surface area is 190 Å². The fourth-order valence-corrected chi connectivity index (χ4v) is 3.69. The SMILES string of the molecule is COc1ccc(N2C(=O)[C@H]3N=NN(CC(=O)Nc4cccc(C(F)(F)F)c4)[C@@H]3C2=O)cc1OC. The number of hydrogen-bond donors (Lipinski definition) is 1. The Morgan fingerprint density at radius 2 is 1.79 bits per heavy atom. The van der Waals surface area contributed by atoms with Crippen LogP contribution in [0.15, 0.2) is 52.8 Å². The van der Waals surface area contributed by atoms with Crippen LogP contribution in [0.4, 0.5) is 24.5 Å². The van der Waals surface area contributed by atoms with Gasteiger partial charge in [-0.2, -0.15) is 18.3 Å². The monoisotopic (exact) mass is 477 g/mol. The summed E-state index contributed by atoms with van der Waals surface area (Å²) in [6.45, 7) is -0.500. The van der Waals surface area contributed by atoms with Gasteiger partial charge in [-0.1, -0.05) is 11.3 Å². The third kappa shape index (κ3) is 4.11. The number of anilines is 2. The van der Waals surface area contributed by atoms with Crippen molar-refractivity contribution >= 4 is 29.1 Å². The Balaban J connectivity index is 1.49. The van der Waals surface area contributed by atoms with Crippen LogP contribution in [0.2, 0.25) is 0 Å². The molecule has 0 aliphatic carbocycles. The van der Waals surface area contributed by atoms with Gasteiger partial charge in [0.25, 0.3) is 11.8 Å². The van der Waals surface area contributed by atoms with Gasteiger partial charge in [0.2, 0.25) is 5.91 Å². The first-order chi connectivity index (χ1) is 16.1. The summed E-state index contributed by atoms with van der Waals surface area (Å²) in [5.74, 6) is -1.32. The molecule has 1 saturated heterocycles. The molecule has 0 spiro atoms. The second kappa shape index (κ2) is 8.65. The standard InChI is InChI=1S/C21H18F3N5O5/c1-33-14-7-6-13(9-15(14)34-2)29-19(31)17-18(20(29)32)28(27-26-17)10-16(30)25-12-5-3-4-11(8-12)21(22,23)24/h3-9,17-18H,10H2,1-2H3,(H,25,30)/t17-,18-/m0/s1. The molecule has 0 radical (unpaired) electrons. The first-order valence-corrected chi connectivity index (χ1v) is 9.88. The van der Waals surface area contributed by atoms with Gasteiger partial charge in [-0.15, -0.1) is 0 Å². The minimum absolute atomic E-state index is 0.0757. The average molecular weight is 477 g/mol. The highest BCUT2D eigenvalue weighted by molar-refractivity contribution is 6.25. The molecule has 178 valence electrons. The number of nitrogens with zero attached hydrogens (tertiary/aromatic N) is 4. The van der Waals surface area contributed by atoms with Gasteiger partial charge >= 0.3 is 6.18 Å². The fraction of sp³-hybridized carbons (Fsp3) is 0.286. The zero-order valence-electron chi connectivity index (χ0n) is 17.9. The molecule has 1 N–H and O–H groups in total. The molecule has 2 heterocycles. The van der Waals surface area contributed by atoms with E-state index in [-0.39, 0.29) is 11.4 Å².